The van der Waals surface area contributed by atoms with Gasteiger partial charge in [0.25, 0.3) is 5.91 Å². The van der Waals surface area contributed by atoms with Gasteiger partial charge < -0.3 is 25.0 Å². The molecule has 2 aliphatic heterocycles. The number of aliphatic hydroxyl groups excluding tert-OH is 1. The summed E-state index contributed by atoms with van der Waals surface area (Å²) in [6.07, 6.45) is 1.68. The lowest BCUT2D eigenvalue weighted by molar-refractivity contribution is -0.136. The third-order valence-electron chi connectivity index (χ3n) is 5.31. The highest BCUT2D eigenvalue weighted by Crippen LogP contribution is 2.33. The fraction of sp³-hybridized carbons (Fsp3) is 0.500. The molecule has 0 radical (unpaired) electrons. The second-order valence-electron chi connectivity index (χ2n) is 8.57. The lowest BCUT2D eigenvalue weighted by Crippen LogP contribution is -2.42. The van der Waals surface area contributed by atoms with Crippen LogP contribution in [0.15, 0.2) is 29.5 Å². The van der Waals surface area contributed by atoms with Gasteiger partial charge in [0.05, 0.1) is 25.8 Å². The molecule has 0 bridgehead atoms. The van der Waals surface area contributed by atoms with Gasteiger partial charge in [-0.1, -0.05) is 20.8 Å². The van der Waals surface area contributed by atoms with Gasteiger partial charge in [0.2, 0.25) is 5.91 Å². The maximum Gasteiger partial charge on any atom is 0.337 e. The minimum atomic E-state index is -0.578. The highest BCUT2D eigenvalue weighted by atomic mass is 16.5. The highest BCUT2D eigenvalue weighted by Gasteiger charge is 2.35. The van der Waals surface area contributed by atoms with Crippen molar-refractivity contribution < 1.29 is 24.2 Å². The van der Waals surface area contributed by atoms with Crippen LogP contribution in [0.1, 0.15) is 32.8 Å². The number of hydrogen-bond acceptors (Lipinski definition) is 6. The predicted molar refractivity (Wildman–Crippen MR) is 113 cm³/mol. The number of hydrogen-bond donors (Lipinski definition) is 2. The quantitative estimate of drug-likeness (QED) is 0.710. The number of aryl methyl sites for hydroxylation is 1. The number of benzene rings is 1. The Balaban J connectivity index is 1.89. The molecule has 0 fully saturated rings. The molecule has 3 rings (SSSR count). The second-order valence-corrected chi connectivity index (χ2v) is 8.57. The van der Waals surface area contributed by atoms with Gasteiger partial charge in [-0.25, -0.2) is 4.79 Å². The van der Waals surface area contributed by atoms with Gasteiger partial charge >= 0.3 is 5.97 Å². The summed E-state index contributed by atoms with van der Waals surface area (Å²) in [4.78, 5) is 40.9. The number of aliphatic hydroxyl groups is 1. The van der Waals surface area contributed by atoms with Gasteiger partial charge in [0.15, 0.2) is 0 Å². The molecule has 1 aromatic carbocycles. The lowest BCUT2D eigenvalue weighted by Gasteiger charge is -2.34. The van der Waals surface area contributed by atoms with Crippen LogP contribution in [0.3, 0.4) is 0 Å². The van der Waals surface area contributed by atoms with Gasteiger partial charge in [-0.3, -0.25) is 9.59 Å². The molecule has 0 saturated heterocycles. The number of amides is 2. The summed E-state index contributed by atoms with van der Waals surface area (Å²) in [5, 5.41) is 12.3. The number of fused-ring (bicyclic) bond motifs is 1. The summed E-state index contributed by atoms with van der Waals surface area (Å²) in [5.41, 5.74) is 2.48. The van der Waals surface area contributed by atoms with E-state index in [1.54, 1.807) is 6.07 Å². The number of anilines is 2. The summed E-state index contributed by atoms with van der Waals surface area (Å²) in [6, 6.07) is 5.60. The Morgan fingerprint density at radius 2 is 2.00 bits per heavy atom. The number of carbonyl (C=O) groups excluding carboxylic acids is 3. The van der Waals surface area contributed by atoms with Crippen LogP contribution in [0.25, 0.3) is 0 Å². The van der Waals surface area contributed by atoms with E-state index in [4.69, 9.17) is 4.74 Å². The van der Waals surface area contributed by atoms with Crippen molar-refractivity contribution in [3.8, 4) is 0 Å². The Morgan fingerprint density at radius 3 is 2.63 bits per heavy atom. The van der Waals surface area contributed by atoms with Crippen molar-refractivity contribution in [2.75, 3.05) is 43.6 Å². The molecular formula is C22H29N3O5. The monoisotopic (exact) mass is 415 g/mol. The summed E-state index contributed by atoms with van der Waals surface area (Å²) in [5.74, 6) is -0.858. The van der Waals surface area contributed by atoms with Crippen LogP contribution in [0.4, 0.5) is 11.4 Å². The Morgan fingerprint density at radius 1 is 1.27 bits per heavy atom. The van der Waals surface area contributed by atoms with Crippen LogP contribution in [0, 0.1) is 5.41 Å². The summed E-state index contributed by atoms with van der Waals surface area (Å²) >= 11 is 0. The van der Waals surface area contributed by atoms with Crippen molar-refractivity contribution in [3.05, 3.63) is 35.0 Å². The first-order chi connectivity index (χ1) is 14.2. The van der Waals surface area contributed by atoms with Crippen LogP contribution < -0.4 is 10.2 Å². The largest absolute Gasteiger partial charge is 0.466 e. The minimum Gasteiger partial charge on any atom is -0.466 e. The molecule has 2 heterocycles. The smallest absolute Gasteiger partial charge is 0.337 e. The van der Waals surface area contributed by atoms with Crippen molar-refractivity contribution in [1.29, 1.82) is 0 Å². The van der Waals surface area contributed by atoms with Gasteiger partial charge in [0, 0.05) is 29.9 Å². The summed E-state index contributed by atoms with van der Waals surface area (Å²) in [7, 11) is 1.27. The SMILES string of the molecule is COC(=O)C1=C(Nc2ccc3c(c2)CCCN3C(=O)C(C)(C)C)C(=O)N(CCO)C1. The zero-order valence-corrected chi connectivity index (χ0v) is 17.9. The van der Waals surface area contributed by atoms with Gasteiger partial charge in [0.1, 0.15) is 5.70 Å². The van der Waals surface area contributed by atoms with Gasteiger partial charge in [-0.2, -0.15) is 0 Å². The van der Waals surface area contributed by atoms with Crippen molar-refractivity contribution >= 4 is 29.2 Å². The molecule has 1 aromatic rings. The van der Waals surface area contributed by atoms with Gasteiger partial charge in [-0.15, -0.1) is 0 Å². The third-order valence-corrected chi connectivity index (χ3v) is 5.31. The standard InChI is InChI=1S/C22H29N3O5/c1-22(2,3)21(29)25-9-5-6-14-12-15(7-8-17(14)25)23-18-16(20(28)30-4)13-24(10-11-26)19(18)27/h7-8,12,23,26H,5-6,9-11,13H2,1-4H3. The van der Waals surface area contributed by atoms with Crippen LogP contribution in [-0.2, 0) is 25.5 Å². The predicted octanol–water partition coefficient (Wildman–Crippen LogP) is 1.69. The number of nitrogens with zero attached hydrogens (tertiary/aromatic N) is 2. The Kier molecular flexibility index (Phi) is 6.17. The fourth-order valence-corrected chi connectivity index (χ4v) is 3.78. The van der Waals surface area contributed by atoms with E-state index >= 15 is 0 Å². The minimum absolute atomic E-state index is 0.0745. The van der Waals surface area contributed by atoms with Crippen LogP contribution in [-0.4, -0.2) is 61.1 Å². The molecule has 8 heteroatoms. The number of rotatable bonds is 5. The van der Waals surface area contributed by atoms with Gasteiger partial charge in [-0.05, 0) is 36.6 Å². The molecule has 0 spiro atoms. The number of nitrogens with one attached hydrogen (secondary N) is 1. The lowest BCUT2D eigenvalue weighted by atomic mass is 9.92. The zero-order valence-electron chi connectivity index (χ0n) is 17.9. The average molecular weight is 415 g/mol. The van der Waals surface area contributed by atoms with E-state index in [9.17, 15) is 19.5 Å². The maximum absolute atomic E-state index is 12.8. The van der Waals surface area contributed by atoms with Crippen molar-refractivity contribution in [2.45, 2.75) is 33.6 Å². The Labute approximate surface area is 176 Å². The van der Waals surface area contributed by atoms with Crippen LogP contribution >= 0.6 is 0 Å². The zero-order chi connectivity index (χ0) is 22.1. The third kappa shape index (κ3) is 4.18. The van der Waals surface area contributed by atoms with E-state index in [1.165, 1.54) is 12.0 Å². The molecule has 2 N–H and O–H groups in total. The van der Waals surface area contributed by atoms with Crippen molar-refractivity contribution in [1.82, 2.24) is 4.90 Å². The maximum atomic E-state index is 12.8. The van der Waals surface area contributed by atoms with E-state index in [-0.39, 0.29) is 42.8 Å². The number of β-amino-alcohol motifs (C(OH)–C–C–N with tert-alkyl or cyclic N) is 1. The molecule has 0 unspecified atom stereocenters. The number of ether oxygens (including phenoxy) is 1. The molecule has 8 nitrogen and oxygen atoms in total. The molecule has 30 heavy (non-hydrogen) atoms. The Bertz CT molecular complexity index is 901. The topological polar surface area (TPSA) is 99.2 Å². The molecule has 0 saturated carbocycles. The van der Waals surface area contributed by atoms with E-state index in [0.29, 0.717) is 12.2 Å². The summed E-state index contributed by atoms with van der Waals surface area (Å²) < 4.78 is 4.82. The van der Waals surface area contributed by atoms with Crippen LogP contribution in [0.5, 0.6) is 0 Å². The molecule has 2 aliphatic rings. The fourth-order valence-electron chi connectivity index (χ4n) is 3.78. The number of esters is 1. The normalized spacial score (nSPS) is 16.6. The van der Waals surface area contributed by atoms with Crippen molar-refractivity contribution in [3.63, 3.8) is 0 Å². The average Bonchev–Trinajstić information content (AvgIpc) is 3.01. The first kappa shape index (κ1) is 21.8. The molecule has 0 atom stereocenters. The van der Waals surface area contributed by atoms with E-state index < -0.39 is 11.4 Å². The first-order valence-corrected chi connectivity index (χ1v) is 10.1. The molecule has 0 aromatic heterocycles. The number of carbonyl (C=O) groups is 3. The van der Waals surface area contributed by atoms with Crippen molar-refractivity contribution in [2.24, 2.45) is 5.41 Å². The second kappa shape index (κ2) is 8.47. The summed E-state index contributed by atoms with van der Waals surface area (Å²) in [6.45, 7) is 6.44. The highest BCUT2D eigenvalue weighted by molar-refractivity contribution is 6.08. The van der Waals surface area contributed by atoms with E-state index in [0.717, 1.165) is 24.1 Å². The molecule has 0 aliphatic carbocycles. The Hall–Kier alpha value is -2.87. The van der Waals surface area contributed by atoms with E-state index in [1.807, 2.05) is 37.8 Å². The first-order valence-electron chi connectivity index (χ1n) is 10.1. The van der Waals surface area contributed by atoms with E-state index in [2.05, 4.69) is 5.32 Å². The molecular weight excluding hydrogens is 386 g/mol. The molecule has 162 valence electrons. The van der Waals surface area contributed by atoms with Crippen LogP contribution in [0.2, 0.25) is 0 Å². The molecule has 2 amide bonds. The number of methoxy groups -OCH3 is 1.